The molecule has 1 aliphatic heterocycles. The molecule has 0 saturated heterocycles. The third-order valence-corrected chi connectivity index (χ3v) is 8.06. The zero-order valence-electron chi connectivity index (χ0n) is 24.5. The van der Waals surface area contributed by atoms with Crippen molar-refractivity contribution in [3.05, 3.63) is 77.2 Å². The van der Waals surface area contributed by atoms with Crippen molar-refractivity contribution < 1.29 is 19.1 Å². The van der Waals surface area contributed by atoms with Gasteiger partial charge in [0.25, 0.3) is 11.8 Å². The molecule has 5 rings (SSSR count). The van der Waals surface area contributed by atoms with E-state index in [9.17, 15) is 14.4 Å². The maximum Gasteiger partial charge on any atom is 0.254 e. The van der Waals surface area contributed by atoms with Gasteiger partial charge >= 0.3 is 0 Å². The van der Waals surface area contributed by atoms with Crippen molar-refractivity contribution in [2.24, 2.45) is 0 Å². The van der Waals surface area contributed by atoms with Crippen LogP contribution in [-0.4, -0.2) is 80.3 Å². The van der Waals surface area contributed by atoms with Gasteiger partial charge in [0.05, 0.1) is 19.3 Å². The number of fused-ring (bicyclic) bond motifs is 5. The first-order chi connectivity index (χ1) is 20.9. The van der Waals surface area contributed by atoms with E-state index in [4.69, 9.17) is 4.74 Å². The Hall–Kier alpha value is -4.32. The van der Waals surface area contributed by atoms with Gasteiger partial charge in [-0.3, -0.25) is 19.1 Å². The average molecular weight is 604 g/mol. The second kappa shape index (κ2) is 14.2. The van der Waals surface area contributed by atoms with E-state index in [0.717, 1.165) is 22.2 Å². The van der Waals surface area contributed by atoms with Crippen LogP contribution in [0.25, 0.3) is 10.9 Å². The highest BCUT2D eigenvalue weighted by Gasteiger charge is 2.23. The quantitative estimate of drug-likeness (QED) is 0.325. The minimum absolute atomic E-state index is 0.124. The van der Waals surface area contributed by atoms with E-state index in [1.165, 1.54) is 0 Å². The molecule has 0 aliphatic carbocycles. The molecule has 2 aromatic heterocycles. The number of ether oxygens (including phenoxy) is 1. The lowest BCUT2D eigenvalue weighted by Gasteiger charge is -2.23. The third kappa shape index (κ3) is 7.75. The number of benzene rings is 2. The van der Waals surface area contributed by atoms with Gasteiger partial charge in [-0.15, -0.1) is 5.10 Å². The van der Waals surface area contributed by atoms with Gasteiger partial charge in [0.15, 0.2) is 0 Å². The Morgan fingerprint density at radius 1 is 1.12 bits per heavy atom. The van der Waals surface area contributed by atoms with Gasteiger partial charge in [-0.25, -0.2) is 0 Å². The van der Waals surface area contributed by atoms with Gasteiger partial charge in [0.1, 0.15) is 17.5 Å². The van der Waals surface area contributed by atoms with Crippen LogP contribution in [0.2, 0.25) is 0 Å². The molecule has 0 radical (unpaired) electrons. The summed E-state index contributed by atoms with van der Waals surface area (Å²) in [6.45, 7) is 3.91. The maximum absolute atomic E-state index is 13.7. The molecule has 0 unspecified atom stereocenters. The summed E-state index contributed by atoms with van der Waals surface area (Å²) in [7, 11) is 0. The summed E-state index contributed by atoms with van der Waals surface area (Å²) < 4.78 is 7.68. The molecule has 1 aliphatic rings. The molecule has 11 nitrogen and oxygen atoms in total. The maximum atomic E-state index is 13.7. The zero-order valence-corrected chi connectivity index (χ0v) is 25.3. The van der Waals surface area contributed by atoms with Crippen LogP contribution in [0.4, 0.5) is 0 Å². The van der Waals surface area contributed by atoms with Gasteiger partial charge in [0, 0.05) is 54.3 Å². The highest BCUT2D eigenvalue weighted by molar-refractivity contribution is 7.98. The van der Waals surface area contributed by atoms with Crippen molar-refractivity contribution >= 4 is 40.4 Å². The smallest absolute Gasteiger partial charge is 0.254 e. The largest absolute Gasteiger partial charge is 0.494 e. The molecule has 226 valence electrons. The number of hydrogen-bond acceptors (Lipinski definition) is 7. The first kappa shape index (κ1) is 30.1. The molecular formula is C31H37N7O4S. The number of H-pyrrole nitrogens is 1. The van der Waals surface area contributed by atoms with E-state index < -0.39 is 6.04 Å². The Balaban J connectivity index is 1.36. The van der Waals surface area contributed by atoms with Gasteiger partial charge in [0.2, 0.25) is 5.91 Å². The Morgan fingerprint density at radius 2 is 2.00 bits per heavy atom. The van der Waals surface area contributed by atoms with Crippen LogP contribution in [0.15, 0.2) is 54.9 Å². The number of nitrogens with one attached hydrogen (secondary N) is 3. The number of carbonyl (C=O) groups excluding carboxylic acids is 3. The molecule has 1 atom stereocenters. The second-order valence-corrected chi connectivity index (χ2v) is 11.6. The highest BCUT2D eigenvalue weighted by atomic mass is 32.2. The third-order valence-electron chi connectivity index (χ3n) is 7.42. The Bertz CT molecular complexity index is 1580. The van der Waals surface area contributed by atoms with E-state index >= 15 is 0 Å². The fourth-order valence-electron chi connectivity index (χ4n) is 5.03. The molecule has 3 N–H and O–H groups in total. The SMILES string of the molecule is CSCC[C@@H]1NC(=O)c2cc(ccc2C)OCCCn2cc(nn2)CN(C(=O)c2ccc3[nH]ccc3c2)CCCNC1=O. The highest BCUT2D eigenvalue weighted by Crippen LogP contribution is 2.19. The first-order valence-corrected chi connectivity index (χ1v) is 15.9. The number of aromatic nitrogens is 4. The summed E-state index contributed by atoms with van der Waals surface area (Å²) >= 11 is 1.62. The summed E-state index contributed by atoms with van der Waals surface area (Å²) in [5, 5.41) is 15.4. The number of hydrogen-bond donors (Lipinski definition) is 3. The Labute approximate surface area is 254 Å². The Morgan fingerprint density at radius 3 is 2.86 bits per heavy atom. The minimum Gasteiger partial charge on any atom is -0.494 e. The van der Waals surface area contributed by atoms with Crippen molar-refractivity contribution in [1.82, 2.24) is 35.5 Å². The van der Waals surface area contributed by atoms with Crippen LogP contribution in [0.3, 0.4) is 0 Å². The summed E-state index contributed by atoms with van der Waals surface area (Å²) in [5.74, 6) is 0.614. The molecule has 4 bridgehead atoms. The average Bonchev–Trinajstić information content (AvgIpc) is 3.67. The van der Waals surface area contributed by atoms with Gasteiger partial charge in [-0.1, -0.05) is 11.3 Å². The number of carbonyl (C=O) groups is 3. The van der Waals surface area contributed by atoms with Crippen LogP contribution in [0.1, 0.15) is 51.2 Å². The zero-order chi connectivity index (χ0) is 30.2. The molecule has 0 fully saturated rings. The fourth-order valence-corrected chi connectivity index (χ4v) is 5.51. The minimum atomic E-state index is -0.685. The number of amides is 3. The van der Waals surface area contributed by atoms with Crippen LogP contribution in [0.5, 0.6) is 5.75 Å². The number of aromatic amines is 1. The van der Waals surface area contributed by atoms with Crippen molar-refractivity contribution in [2.45, 2.75) is 45.3 Å². The predicted molar refractivity (Wildman–Crippen MR) is 166 cm³/mol. The lowest BCUT2D eigenvalue weighted by molar-refractivity contribution is -0.123. The summed E-state index contributed by atoms with van der Waals surface area (Å²) in [6, 6.07) is 12.2. The van der Waals surface area contributed by atoms with Crippen LogP contribution < -0.4 is 15.4 Å². The number of rotatable bonds is 4. The topological polar surface area (TPSA) is 134 Å². The number of thioether (sulfide) groups is 1. The van der Waals surface area contributed by atoms with Gasteiger partial charge < -0.3 is 25.3 Å². The van der Waals surface area contributed by atoms with Gasteiger partial charge in [-0.05, 0) is 73.7 Å². The molecule has 43 heavy (non-hydrogen) atoms. The molecular weight excluding hydrogens is 566 g/mol. The van der Waals surface area contributed by atoms with Crippen LogP contribution in [-0.2, 0) is 17.9 Å². The fraction of sp³-hybridized carbons (Fsp3) is 0.387. The van der Waals surface area contributed by atoms with Gasteiger partial charge in [-0.2, -0.15) is 11.8 Å². The van der Waals surface area contributed by atoms with Crippen molar-refractivity contribution in [2.75, 3.05) is 31.7 Å². The van der Waals surface area contributed by atoms with Crippen molar-refractivity contribution in [1.29, 1.82) is 0 Å². The Kier molecular flexibility index (Phi) is 9.98. The van der Waals surface area contributed by atoms with Crippen molar-refractivity contribution in [3.8, 4) is 5.75 Å². The summed E-state index contributed by atoms with van der Waals surface area (Å²) in [4.78, 5) is 45.0. The number of nitrogens with zero attached hydrogens (tertiary/aromatic N) is 4. The van der Waals surface area contributed by atoms with Crippen molar-refractivity contribution in [3.63, 3.8) is 0 Å². The summed E-state index contributed by atoms with van der Waals surface area (Å²) in [6.07, 6.45) is 7.36. The molecule has 0 saturated carbocycles. The molecule has 2 aromatic carbocycles. The number of aryl methyl sites for hydroxylation is 2. The molecule has 3 heterocycles. The lowest BCUT2D eigenvalue weighted by Crippen LogP contribution is -2.47. The van der Waals surface area contributed by atoms with E-state index in [-0.39, 0.29) is 24.3 Å². The predicted octanol–water partition coefficient (Wildman–Crippen LogP) is 3.55. The van der Waals surface area contributed by atoms with Crippen LogP contribution in [0, 0.1) is 6.92 Å². The van der Waals surface area contributed by atoms with Crippen LogP contribution >= 0.6 is 11.8 Å². The molecule has 12 heteroatoms. The molecule has 0 spiro atoms. The summed E-state index contributed by atoms with van der Waals surface area (Å²) in [5.41, 5.74) is 3.49. The van der Waals surface area contributed by atoms with E-state index in [2.05, 4.69) is 25.9 Å². The standard InChI is InChI=1S/C31H37N7O4S/c1-21-5-7-25-18-26(21)29(39)34-28(10-16-43-2)30(40)33-11-3-13-37(19-24-20-38(36-35-24)14-4-15-42-25)31(41)23-6-8-27-22(17-23)9-12-32-27/h5-9,12,17-18,20,28,32H,3-4,10-11,13-16,19H2,1-2H3,(H,33,40)(H,34,39)/t28-/m0/s1. The monoisotopic (exact) mass is 603 g/mol. The van der Waals surface area contributed by atoms with E-state index in [0.29, 0.717) is 68.1 Å². The molecule has 3 amide bonds. The van der Waals surface area contributed by atoms with E-state index in [1.807, 2.05) is 62.0 Å². The lowest BCUT2D eigenvalue weighted by atomic mass is 10.1. The van der Waals surface area contributed by atoms with E-state index in [1.54, 1.807) is 27.4 Å². The normalized spacial score (nSPS) is 17.2. The second-order valence-electron chi connectivity index (χ2n) is 10.6. The first-order valence-electron chi connectivity index (χ1n) is 14.5. The molecule has 4 aromatic rings.